The summed E-state index contributed by atoms with van der Waals surface area (Å²) in [5, 5.41) is 0. The fourth-order valence-corrected chi connectivity index (χ4v) is 5.04. The summed E-state index contributed by atoms with van der Waals surface area (Å²) < 4.78 is 6.14. The molecule has 136 valence electrons. The average Bonchev–Trinajstić information content (AvgIpc) is 2.70. The lowest BCUT2D eigenvalue weighted by atomic mass is 9.63. The Balaban J connectivity index is 1.35. The van der Waals surface area contributed by atoms with Gasteiger partial charge in [-0.25, -0.2) is 4.98 Å². The predicted octanol–water partition coefficient (Wildman–Crippen LogP) is 2.75. The smallest absolute Gasteiger partial charge is 0.171 e. The molecule has 5 heteroatoms. The second-order valence-electron chi connectivity index (χ2n) is 8.80. The van der Waals surface area contributed by atoms with Crippen LogP contribution in [0.1, 0.15) is 39.5 Å². The molecule has 25 heavy (non-hydrogen) atoms. The van der Waals surface area contributed by atoms with Gasteiger partial charge in [-0.15, -0.1) is 0 Å². The first kappa shape index (κ1) is 15.7. The van der Waals surface area contributed by atoms with Crippen LogP contribution in [-0.4, -0.2) is 61.3 Å². The molecule has 1 aromatic heterocycles. The van der Waals surface area contributed by atoms with Crippen LogP contribution in [0.5, 0.6) is 5.75 Å². The van der Waals surface area contributed by atoms with Crippen LogP contribution in [0.15, 0.2) is 12.3 Å². The molecule has 0 amide bonds. The highest BCUT2D eigenvalue weighted by atomic mass is 16.5. The lowest BCUT2D eigenvalue weighted by Crippen LogP contribution is -2.59. The maximum Gasteiger partial charge on any atom is 0.171 e. The molecule has 5 rings (SSSR count). The van der Waals surface area contributed by atoms with Crippen molar-refractivity contribution in [3.8, 4) is 5.75 Å². The van der Waals surface area contributed by atoms with Gasteiger partial charge in [0.2, 0.25) is 0 Å². The molecule has 0 radical (unpaired) electrons. The van der Waals surface area contributed by atoms with Crippen LogP contribution in [0, 0.1) is 5.41 Å². The van der Waals surface area contributed by atoms with Crippen molar-refractivity contribution < 1.29 is 4.74 Å². The lowest BCUT2D eigenvalue weighted by Gasteiger charge is -2.56. The molecule has 1 aromatic rings. The molecule has 0 bridgehead atoms. The highest BCUT2D eigenvalue weighted by Crippen LogP contribution is 2.50. The minimum atomic E-state index is 0.526. The summed E-state index contributed by atoms with van der Waals surface area (Å²) >= 11 is 0. The minimum absolute atomic E-state index is 0.526. The van der Waals surface area contributed by atoms with Gasteiger partial charge in [-0.3, -0.25) is 4.90 Å². The highest BCUT2D eigenvalue weighted by Gasteiger charge is 2.47. The second-order valence-corrected chi connectivity index (χ2v) is 8.80. The minimum Gasteiger partial charge on any atom is -0.490 e. The number of rotatable bonds is 2. The van der Waals surface area contributed by atoms with E-state index in [0.717, 1.165) is 44.2 Å². The van der Waals surface area contributed by atoms with E-state index in [-0.39, 0.29) is 0 Å². The van der Waals surface area contributed by atoms with E-state index in [0.29, 0.717) is 17.5 Å². The van der Waals surface area contributed by atoms with Gasteiger partial charge in [0.05, 0.1) is 18.5 Å². The first-order chi connectivity index (χ1) is 12.1. The van der Waals surface area contributed by atoms with Gasteiger partial charge < -0.3 is 14.5 Å². The summed E-state index contributed by atoms with van der Waals surface area (Å²) in [6.45, 7) is 11.1. The summed E-state index contributed by atoms with van der Waals surface area (Å²) in [7, 11) is 0. The Hall–Kier alpha value is -1.49. The quantitative estimate of drug-likeness (QED) is 0.825. The van der Waals surface area contributed by atoms with Crippen LogP contribution in [0.3, 0.4) is 0 Å². The zero-order valence-electron chi connectivity index (χ0n) is 15.6. The molecule has 1 saturated carbocycles. The number of ether oxygens (including phenoxy) is 1. The molecule has 0 unspecified atom stereocenters. The first-order valence-corrected chi connectivity index (χ1v) is 10.0. The number of anilines is 2. The molecule has 1 aliphatic carbocycles. The Morgan fingerprint density at radius 3 is 2.80 bits per heavy atom. The monoisotopic (exact) mass is 342 g/mol. The van der Waals surface area contributed by atoms with E-state index in [4.69, 9.17) is 9.72 Å². The second kappa shape index (κ2) is 5.76. The number of nitrogens with zero attached hydrogens (tertiary/aromatic N) is 4. The Morgan fingerprint density at radius 2 is 2.08 bits per heavy atom. The number of aromatic nitrogens is 1. The van der Waals surface area contributed by atoms with Gasteiger partial charge in [0, 0.05) is 62.7 Å². The summed E-state index contributed by atoms with van der Waals surface area (Å²) in [6.07, 6.45) is 7.41. The molecule has 1 spiro atoms. The molecule has 0 N–H and O–H groups in total. The maximum atomic E-state index is 6.14. The third-order valence-corrected chi connectivity index (χ3v) is 6.88. The van der Waals surface area contributed by atoms with Gasteiger partial charge in [0.1, 0.15) is 0 Å². The Labute approximate surface area is 150 Å². The Bertz CT molecular complexity index is 649. The van der Waals surface area contributed by atoms with Crippen LogP contribution in [0.2, 0.25) is 0 Å². The number of fused-ring (bicyclic) bond motifs is 3. The van der Waals surface area contributed by atoms with Crippen molar-refractivity contribution in [1.82, 2.24) is 9.88 Å². The lowest BCUT2D eigenvalue weighted by molar-refractivity contribution is 0.0903. The van der Waals surface area contributed by atoms with Crippen molar-refractivity contribution in [2.75, 3.05) is 49.1 Å². The SMILES string of the molecule is CC(C)N1CCN2c3ncc(N4CC5(CCC5)C4)cc3OCC[C@@H]2C1. The molecule has 5 nitrogen and oxygen atoms in total. The van der Waals surface area contributed by atoms with Gasteiger partial charge in [0.25, 0.3) is 0 Å². The summed E-state index contributed by atoms with van der Waals surface area (Å²) in [6, 6.07) is 3.38. The third-order valence-electron chi connectivity index (χ3n) is 6.88. The van der Waals surface area contributed by atoms with Gasteiger partial charge in [-0.05, 0) is 26.7 Å². The van der Waals surface area contributed by atoms with Crippen LogP contribution in [0.25, 0.3) is 0 Å². The number of pyridine rings is 1. The summed E-state index contributed by atoms with van der Waals surface area (Å²) in [5.74, 6) is 2.06. The Kier molecular flexibility index (Phi) is 3.63. The number of hydrogen-bond acceptors (Lipinski definition) is 5. The molecule has 3 fully saturated rings. The van der Waals surface area contributed by atoms with Crippen molar-refractivity contribution in [3.05, 3.63) is 12.3 Å². The van der Waals surface area contributed by atoms with E-state index < -0.39 is 0 Å². The average molecular weight is 342 g/mol. The molecule has 0 aromatic carbocycles. The molecular formula is C20H30N4O. The van der Waals surface area contributed by atoms with E-state index in [1.54, 1.807) is 0 Å². The maximum absolute atomic E-state index is 6.14. The normalized spacial score (nSPS) is 27.9. The molecule has 4 aliphatic rings. The number of piperazine rings is 1. The van der Waals surface area contributed by atoms with Crippen molar-refractivity contribution in [1.29, 1.82) is 0 Å². The van der Waals surface area contributed by atoms with Crippen LogP contribution < -0.4 is 14.5 Å². The third kappa shape index (κ3) is 2.59. The molecule has 4 heterocycles. The zero-order valence-corrected chi connectivity index (χ0v) is 15.6. The first-order valence-electron chi connectivity index (χ1n) is 10.0. The van der Waals surface area contributed by atoms with Gasteiger partial charge in [-0.2, -0.15) is 0 Å². The standard InChI is InChI=1S/C20H30N4O/c1-15(2)22-7-8-24-16(12-22)4-9-25-18-10-17(11-21-19(18)24)23-13-20(14-23)5-3-6-20/h10-11,15-16H,3-9,12-14H2,1-2H3/t16-/m1/s1. The fraction of sp³-hybridized carbons (Fsp3) is 0.750. The molecule has 2 saturated heterocycles. The molecular weight excluding hydrogens is 312 g/mol. The Morgan fingerprint density at radius 1 is 1.24 bits per heavy atom. The topological polar surface area (TPSA) is 31.8 Å². The summed E-state index contributed by atoms with van der Waals surface area (Å²) in [4.78, 5) is 12.4. The van der Waals surface area contributed by atoms with E-state index in [9.17, 15) is 0 Å². The molecule has 1 atom stereocenters. The van der Waals surface area contributed by atoms with E-state index in [2.05, 4.69) is 40.8 Å². The largest absolute Gasteiger partial charge is 0.490 e. The van der Waals surface area contributed by atoms with E-state index in [1.165, 1.54) is 38.0 Å². The van der Waals surface area contributed by atoms with Crippen molar-refractivity contribution in [3.63, 3.8) is 0 Å². The van der Waals surface area contributed by atoms with Gasteiger partial charge in [0.15, 0.2) is 11.6 Å². The van der Waals surface area contributed by atoms with E-state index in [1.807, 2.05) is 0 Å². The predicted molar refractivity (Wildman–Crippen MR) is 101 cm³/mol. The van der Waals surface area contributed by atoms with Crippen molar-refractivity contribution in [2.45, 2.75) is 51.6 Å². The van der Waals surface area contributed by atoms with E-state index >= 15 is 0 Å². The highest BCUT2D eigenvalue weighted by molar-refractivity contribution is 5.62. The van der Waals surface area contributed by atoms with Gasteiger partial charge >= 0.3 is 0 Å². The number of hydrogen-bond donors (Lipinski definition) is 0. The van der Waals surface area contributed by atoms with Gasteiger partial charge in [-0.1, -0.05) is 6.42 Å². The van der Waals surface area contributed by atoms with Crippen molar-refractivity contribution >= 4 is 11.5 Å². The fourth-order valence-electron chi connectivity index (χ4n) is 5.04. The van der Waals surface area contributed by atoms with Crippen molar-refractivity contribution in [2.24, 2.45) is 5.41 Å². The van der Waals surface area contributed by atoms with Crippen LogP contribution in [0.4, 0.5) is 11.5 Å². The zero-order chi connectivity index (χ0) is 17.0. The molecule has 3 aliphatic heterocycles. The van der Waals surface area contributed by atoms with Crippen LogP contribution >= 0.6 is 0 Å². The summed E-state index contributed by atoms with van der Waals surface area (Å²) in [5.41, 5.74) is 1.89. The van der Waals surface area contributed by atoms with Crippen LogP contribution in [-0.2, 0) is 0 Å².